The Hall–Kier alpha value is -1.73. The van der Waals surface area contributed by atoms with Crippen LogP contribution in [0.5, 0.6) is 0 Å². The van der Waals surface area contributed by atoms with Gasteiger partial charge in [-0.15, -0.1) is 0 Å². The summed E-state index contributed by atoms with van der Waals surface area (Å²) in [6, 6.07) is 5.18. The second-order valence-corrected chi connectivity index (χ2v) is 6.55. The number of carboxylic acids is 1. The van der Waals surface area contributed by atoms with Crippen molar-refractivity contribution in [2.75, 3.05) is 31.1 Å². The van der Waals surface area contributed by atoms with E-state index in [0.29, 0.717) is 16.8 Å². The van der Waals surface area contributed by atoms with E-state index in [2.05, 4.69) is 21.7 Å². The molecule has 0 radical (unpaired) electrons. The van der Waals surface area contributed by atoms with Gasteiger partial charge in [-0.25, -0.2) is 9.37 Å². The lowest BCUT2D eigenvalue weighted by molar-refractivity contribution is -0.137. The number of halogens is 1. The monoisotopic (exact) mass is 323 g/mol. The quantitative estimate of drug-likeness (QED) is 0.936. The topological polar surface area (TPSA) is 56.7 Å². The fourth-order valence-electron chi connectivity index (χ4n) is 2.80. The molecule has 1 atom stereocenters. The van der Waals surface area contributed by atoms with Crippen LogP contribution in [-0.2, 0) is 4.79 Å². The first-order valence-electron chi connectivity index (χ1n) is 7.30. The summed E-state index contributed by atoms with van der Waals surface area (Å²) < 4.78 is 14.4. The third-order valence-corrected chi connectivity index (χ3v) is 5.07. The van der Waals surface area contributed by atoms with Gasteiger partial charge in [0.25, 0.3) is 0 Å². The standard InChI is InChI=1S/C15H18FN3O2S/c1-10-9-18(6-5-13(20)21)7-8-19(10)15-17-12-4-2-3-11(16)14(12)22-15/h2-4,10H,5-9H2,1H3,(H,20,21). The van der Waals surface area contributed by atoms with Crippen LogP contribution >= 0.6 is 11.3 Å². The molecule has 2 heterocycles. The van der Waals surface area contributed by atoms with Gasteiger partial charge in [0.05, 0.1) is 16.6 Å². The van der Waals surface area contributed by atoms with E-state index >= 15 is 0 Å². The first kappa shape index (κ1) is 15.2. The molecule has 0 saturated carbocycles. The van der Waals surface area contributed by atoms with Crippen molar-refractivity contribution in [3.8, 4) is 0 Å². The van der Waals surface area contributed by atoms with E-state index in [1.165, 1.54) is 17.4 Å². The highest BCUT2D eigenvalue weighted by Crippen LogP contribution is 2.32. The molecular weight excluding hydrogens is 305 g/mol. The maximum atomic E-state index is 13.8. The van der Waals surface area contributed by atoms with Crippen molar-refractivity contribution >= 4 is 32.7 Å². The average molecular weight is 323 g/mol. The van der Waals surface area contributed by atoms with Crippen LogP contribution in [0.2, 0.25) is 0 Å². The Morgan fingerprint density at radius 1 is 1.50 bits per heavy atom. The lowest BCUT2D eigenvalue weighted by Crippen LogP contribution is -2.52. The molecule has 0 amide bonds. The third-order valence-electron chi connectivity index (χ3n) is 3.95. The van der Waals surface area contributed by atoms with Crippen molar-refractivity contribution in [1.29, 1.82) is 0 Å². The van der Waals surface area contributed by atoms with Gasteiger partial charge in [-0.2, -0.15) is 0 Å². The summed E-state index contributed by atoms with van der Waals surface area (Å²) in [5.74, 6) is -0.995. The molecular formula is C15H18FN3O2S. The van der Waals surface area contributed by atoms with Crippen molar-refractivity contribution in [2.45, 2.75) is 19.4 Å². The van der Waals surface area contributed by atoms with Crippen LogP contribution in [0.25, 0.3) is 10.2 Å². The lowest BCUT2D eigenvalue weighted by Gasteiger charge is -2.39. The van der Waals surface area contributed by atoms with Crippen molar-refractivity contribution in [1.82, 2.24) is 9.88 Å². The first-order valence-corrected chi connectivity index (χ1v) is 8.12. The van der Waals surface area contributed by atoms with E-state index in [-0.39, 0.29) is 18.3 Å². The van der Waals surface area contributed by atoms with Crippen LogP contribution in [0, 0.1) is 5.82 Å². The zero-order valence-electron chi connectivity index (χ0n) is 12.3. The molecule has 5 nitrogen and oxygen atoms in total. The number of thiazole rings is 1. The highest BCUT2D eigenvalue weighted by atomic mass is 32.1. The lowest BCUT2D eigenvalue weighted by atomic mass is 10.2. The first-order chi connectivity index (χ1) is 10.5. The normalized spacial score (nSPS) is 19.7. The Balaban J connectivity index is 1.72. The van der Waals surface area contributed by atoms with Gasteiger partial charge in [0.15, 0.2) is 5.13 Å². The number of carboxylic acid groups (broad SMARTS) is 1. The fourth-order valence-corrected chi connectivity index (χ4v) is 3.90. The number of fused-ring (bicyclic) bond motifs is 1. The Kier molecular flexibility index (Phi) is 4.26. The SMILES string of the molecule is CC1CN(CCC(=O)O)CCN1c1nc2cccc(F)c2s1. The number of hydrogen-bond acceptors (Lipinski definition) is 5. The molecule has 1 aromatic heterocycles. The maximum absolute atomic E-state index is 13.8. The van der Waals surface area contributed by atoms with Crippen molar-refractivity contribution in [3.05, 3.63) is 24.0 Å². The Labute approximate surface area is 132 Å². The minimum Gasteiger partial charge on any atom is -0.481 e. The second-order valence-electron chi connectivity index (χ2n) is 5.57. The number of nitrogens with zero attached hydrogens (tertiary/aromatic N) is 3. The number of anilines is 1. The number of hydrogen-bond donors (Lipinski definition) is 1. The van der Waals surface area contributed by atoms with Gasteiger partial charge < -0.3 is 10.0 Å². The molecule has 1 unspecified atom stereocenters. The van der Waals surface area contributed by atoms with Gasteiger partial charge in [-0.3, -0.25) is 9.69 Å². The third kappa shape index (κ3) is 3.05. The molecule has 1 aliphatic rings. The van der Waals surface area contributed by atoms with Crippen LogP contribution in [0.1, 0.15) is 13.3 Å². The van der Waals surface area contributed by atoms with Crippen molar-refractivity contribution in [2.24, 2.45) is 0 Å². The van der Waals surface area contributed by atoms with Crippen molar-refractivity contribution in [3.63, 3.8) is 0 Å². The molecule has 2 aromatic rings. The molecule has 1 aromatic carbocycles. The molecule has 1 saturated heterocycles. The predicted molar refractivity (Wildman–Crippen MR) is 85.1 cm³/mol. The number of aromatic nitrogens is 1. The maximum Gasteiger partial charge on any atom is 0.304 e. The minimum atomic E-state index is -0.767. The van der Waals surface area contributed by atoms with Gasteiger partial charge in [-0.1, -0.05) is 17.4 Å². The van der Waals surface area contributed by atoms with Crippen LogP contribution in [-0.4, -0.2) is 53.2 Å². The van der Waals surface area contributed by atoms with Gasteiger partial charge >= 0.3 is 5.97 Å². The summed E-state index contributed by atoms with van der Waals surface area (Å²) in [4.78, 5) is 19.5. The van der Waals surface area contributed by atoms with Crippen LogP contribution in [0.3, 0.4) is 0 Å². The Bertz CT molecular complexity index is 690. The number of aliphatic carboxylic acids is 1. The molecule has 0 bridgehead atoms. The molecule has 1 aliphatic heterocycles. The summed E-state index contributed by atoms with van der Waals surface area (Å²) in [5.41, 5.74) is 0.695. The van der Waals surface area contributed by atoms with E-state index in [0.717, 1.165) is 24.8 Å². The summed E-state index contributed by atoms with van der Waals surface area (Å²) in [6.07, 6.45) is 0.166. The number of carbonyl (C=O) groups is 1. The predicted octanol–water partition coefficient (Wildman–Crippen LogP) is 2.42. The number of benzene rings is 1. The molecule has 0 aliphatic carbocycles. The molecule has 7 heteroatoms. The molecule has 3 rings (SSSR count). The number of piperazine rings is 1. The molecule has 1 fully saturated rings. The van der Waals surface area contributed by atoms with Gasteiger partial charge in [0.1, 0.15) is 5.82 Å². The van der Waals surface area contributed by atoms with Crippen LogP contribution in [0.4, 0.5) is 9.52 Å². The summed E-state index contributed by atoms with van der Waals surface area (Å²) in [7, 11) is 0. The Morgan fingerprint density at radius 3 is 3.00 bits per heavy atom. The summed E-state index contributed by atoms with van der Waals surface area (Å²) in [5, 5.41) is 9.60. The van der Waals surface area contributed by atoms with Crippen LogP contribution < -0.4 is 4.90 Å². The zero-order valence-corrected chi connectivity index (χ0v) is 13.1. The minimum absolute atomic E-state index is 0.166. The second kappa shape index (κ2) is 6.18. The van der Waals surface area contributed by atoms with Gasteiger partial charge in [0.2, 0.25) is 0 Å². The largest absolute Gasteiger partial charge is 0.481 e. The number of rotatable bonds is 4. The molecule has 22 heavy (non-hydrogen) atoms. The van der Waals surface area contributed by atoms with Crippen molar-refractivity contribution < 1.29 is 14.3 Å². The van der Waals surface area contributed by atoms with Crippen LogP contribution in [0.15, 0.2) is 18.2 Å². The fraction of sp³-hybridized carbons (Fsp3) is 0.467. The van der Waals surface area contributed by atoms with E-state index in [9.17, 15) is 9.18 Å². The molecule has 1 N–H and O–H groups in total. The molecule has 0 spiro atoms. The highest BCUT2D eigenvalue weighted by molar-refractivity contribution is 7.22. The highest BCUT2D eigenvalue weighted by Gasteiger charge is 2.26. The van der Waals surface area contributed by atoms with Gasteiger partial charge in [-0.05, 0) is 19.1 Å². The summed E-state index contributed by atoms with van der Waals surface area (Å²) >= 11 is 1.38. The average Bonchev–Trinajstić information content (AvgIpc) is 2.90. The zero-order chi connectivity index (χ0) is 15.7. The van der Waals surface area contributed by atoms with Gasteiger partial charge in [0, 0.05) is 32.2 Å². The van der Waals surface area contributed by atoms with E-state index in [1.807, 2.05) is 6.07 Å². The molecule has 118 valence electrons. The Morgan fingerprint density at radius 2 is 2.32 bits per heavy atom. The van der Waals surface area contributed by atoms with E-state index < -0.39 is 5.97 Å². The van der Waals surface area contributed by atoms with E-state index in [1.54, 1.807) is 6.07 Å². The summed E-state index contributed by atoms with van der Waals surface area (Å²) in [6.45, 7) is 5.04. The van der Waals surface area contributed by atoms with E-state index in [4.69, 9.17) is 5.11 Å². The smallest absolute Gasteiger partial charge is 0.304 e.